The molecule has 0 saturated carbocycles. The first kappa shape index (κ1) is 17.8. The van der Waals surface area contributed by atoms with Crippen LogP contribution in [0, 0.1) is 11.6 Å². The van der Waals surface area contributed by atoms with Crippen LogP contribution in [0.3, 0.4) is 0 Å². The summed E-state index contributed by atoms with van der Waals surface area (Å²) in [6.07, 6.45) is 0.141. The lowest BCUT2D eigenvalue weighted by molar-refractivity contribution is -0.123. The molecule has 2 unspecified atom stereocenters. The number of rotatable bonds is 5. The summed E-state index contributed by atoms with van der Waals surface area (Å²) in [7, 11) is 2.07. The van der Waals surface area contributed by atoms with Crippen LogP contribution in [0.25, 0.3) is 0 Å². The Bertz CT molecular complexity index is 532. The number of hydrogen-bond acceptors (Lipinski definition) is 3. The summed E-state index contributed by atoms with van der Waals surface area (Å²) in [4.78, 5) is 16.5. The maximum absolute atomic E-state index is 13.6. The fraction of sp³-hybridized carbons (Fsp3) is 0.588. The predicted molar refractivity (Wildman–Crippen MR) is 86.2 cm³/mol. The van der Waals surface area contributed by atoms with Crippen LogP contribution in [-0.2, 0) is 11.2 Å². The number of likely N-dealkylation sites (N-methyl/N-ethyl adjacent to an activating group) is 1. The Kier molecular flexibility index (Phi) is 6.07. The van der Waals surface area contributed by atoms with Crippen LogP contribution in [0.15, 0.2) is 18.2 Å². The van der Waals surface area contributed by atoms with Crippen molar-refractivity contribution >= 4 is 5.91 Å². The quantitative estimate of drug-likeness (QED) is 0.894. The van der Waals surface area contributed by atoms with Gasteiger partial charge in [-0.2, -0.15) is 0 Å². The van der Waals surface area contributed by atoms with Gasteiger partial charge in [0.2, 0.25) is 5.91 Å². The highest BCUT2D eigenvalue weighted by atomic mass is 19.1. The fourth-order valence-corrected chi connectivity index (χ4v) is 3.00. The predicted octanol–water partition coefficient (Wildman–Crippen LogP) is 1.65. The molecule has 0 spiro atoms. The standard InChI is InChI=1S/C17H25F2N3O/c1-12(9-14-15(18)5-4-6-16(14)19)20-17(23)11-22-8-7-21(3)10-13(22)2/h4-6,12-13H,7-11H2,1-3H3,(H,20,23). The molecule has 23 heavy (non-hydrogen) atoms. The molecule has 1 aliphatic rings. The van der Waals surface area contributed by atoms with Gasteiger partial charge in [-0.05, 0) is 39.4 Å². The first-order valence-electron chi connectivity index (χ1n) is 8.01. The fourth-order valence-electron chi connectivity index (χ4n) is 3.00. The monoisotopic (exact) mass is 325 g/mol. The van der Waals surface area contributed by atoms with Gasteiger partial charge in [0.15, 0.2) is 0 Å². The third-order valence-electron chi connectivity index (χ3n) is 4.29. The second kappa shape index (κ2) is 7.84. The second-order valence-electron chi connectivity index (χ2n) is 6.45. The van der Waals surface area contributed by atoms with Crippen molar-refractivity contribution in [1.29, 1.82) is 0 Å². The lowest BCUT2D eigenvalue weighted by atomic mass is 10.1. The minimum absolute atomic E-state index is 0.0215. The van der Waals surface area contributed by atoms with E-state index in [-0.39, 0.29) is 23.9 Å². The van der Waals surface area contributed by atoms with Crippen LogP contribution in [0.1, 0.15) is 19.4 Å². The number of nitrogens with one attached hydrogen (secondary N) is 1. The van der Waals surface area contributed by atoms with Gasteiger partial charge in [0.05, 0.1) is 6.54 Å². The number of nitrogens with zero attached hydrogens (tertiary/aromatic N) is 2. The van der Waals surface area contributed by atoms with E-state index in [1.165, 1.54) is 18.2 Å². The highest BCUT2D eigenvalue weighted by Crippen LogP contribution is 2.14. The van der Waals surface area contributed by atoms with E-state index in [0.29, 0.717) is 12.6 Å². The van der Waals surface area contributed by atoms with E-state index in [2.05, 4.69) is 29.1 Å². The molecular formula is C17H25F2N3O. The Hall–Kier alpha value is -1.53. The van der Waals surface area contributed by atoms with Crippen LogP contribution >= 0.6 is 0 Å². The Balaban J connectivity index is 1.85. The van der Waals surface area contributed by atoms with Crippen LogP contribution in [0.4, 0.5) is 8.78 Å². The molecule has 1 aromatic carbocycles. The van der Waals surface area contributed by atoms with Gasteiger partial charge in [0.25, 0.3) is 0 Å². The zero-order valence-corrected chi connectivity index (χ0v) is 14.0. The van der Waals surface area contributed by atoms with Gasteiger partial charge in [-0.1, -0.05) is 6.07 Å². The van der Waals surface area contributed by atoms with E-state index < -0.39 is 11.6 Å². The van der Waals surface area contributed by atoms with Gasteiger partial charge in [0.1, 0.15) is 11.6 Å². The molecule has 0 radical (unpaired) electrons. The molecule has 1 fully saturated rings. The van der Waals surface area contributed by atoms with Gasteiger partial charge >= 0.3 is 0 Å². The van der Waals surface area contributed by atoms with Crippen LogP contribution in [-0.4, -0.2) is 61.0 Å². The maximum atomic E-state index is 13.6. The largest absolute Gasteiger partial charge is 0.352 e. The molecule has 1 heterocycles. The van der Waals surface area contributed by atoms with Crippen molar-refractivity contribution in [3.05, 3.63) is 35.4 Å². The third-order valence-corrected chi connectivity index (χ3v) is 4.29. The van der Waals surface area contributed by atoms with E-state index >= 15 is 0 Å². The lowest BCUT2D eigenvalue weighted by Gasteiger charge is -2.37. The average molecular weight is 325 g/mol. The van der Waals surface area contributed by atoms with Gasteiger partial charge in [0, 0.05) is 37.3 Å². The molecular weight excluding hydrogens is 300 g/mol. The van der Waals surface area contributed by atoms with Crippen molar-refractivity contribution in [2.75, 3.05) is 33.2 Å². The SMILES string of the molecule is CC(Cc1c(F)cccc1F)NC(=O)CN1CCN(C)CC1C. The minimum Gasteiger partial charge on any atom is -0.352 e. The van der Waals surface area contributed by atoms with E-state index in [9.17, 15) is 13.6 Å². The van der Waals surface area contributed by atoms with Crippen LogP contribution in [0.5, 0.6) is 0 Å². The summed E-state index contributed by atoms with van der Waals surface area (Å²) in [5, 5.41) is 2.83. The molecule has 1 amide bonds. The molecule has 1 saturated heterocycles. The Morgan fingerprint density at radius 2 is 2.00 bits per heavy atom. The van der Waals surface area contributed by atoms with Crippen molar-refractivity contribution in [2.45, 2.75) is 32.4 Å². The van der Waals surface area contributed by atoms with E-state index in [1.54, 1.807) is 6.92 Å². The summed E-state index contributed by atoms with van der Waals surface area (Å²) in [5.74, 6) is -1.25. The molecule has 0 bridgehead atoms. The van der Waals surface area contributed by atoms with Gasteiger partial charge in [-0.15, -0.1) is 0 Å². The van der Waals surface area contributed by atoms with Crippen molar-refractivity contribution < 1.29 is 13.6 Å². The van der Waals surface area contributed by atoms with Crippen molar-refractivity contribution in [2.24, 2.45) is 0 Å². The molecule has 2 rings (SSSR count). The topological polar surface area (TPSA) is 35.6 Å². The molecule has 4 nitrogen and oxygen atoms in total. The number of carbonyl (C=O) groups excluding carboxylic acids is 1. The van der Waals surface area contributed by atoms with Gasteiger partial charge in [-0.3, -0.25) is 9.69 Å². The van der Waals surface area contributed by atoms with E-state index in [4.69, 9.17) is 0 Å². The first-order chi connectivity index (χ1) is 10.9. The molecule has 0 aliphatic carbocycles. The van der Waals surface area contributed by atoms with E-state index in [1.807, 2.05) is 0 Å². The minimum atomic E-state index is -0.571. The van der Waals surface area contributed by atoms with Crippen molar-refractivity contribution in [3.63, 3.8) is 0 Å². The second-order valence-corrected chi connectivity index (χ2v) is 6.45. The summed E-state index contributed by atoms with van der Waals surface area (Å²) in [5.41, 5.74) is 0.0215. The summed E-state index contributed by atoms with van der Waals surface area (Å²) in [6, 6.07) is 3.81. The Morgan fingerprint density at radius 3 is 2.61 bits per heavy atom. The van der Waals surface area contributed by atoms with Crippen LogP contribution < -0.4 is 5.32 Å². The molecule has 2 atom stereocenters. The van der Waals surface area contributed by atoms with E-state index in [0.717, 1.165) is 19.6 Å². The molecule has 1 N–H and O–H groups in total. The van der Waals surface area contributed by atoms with Crippen molar-refractivity contribution in [1.82, 2.24) is 15.1 Å². The van der Waals surface area contributed by atoms with Crippen LogP contribution in [0.2, 0.25) is 0 Å². The molecule has 128 valence electrons. The number of piperazine rings is 1. The van der Waals surface area contributed by atoms with Crippen molar-refractivity contribution in [3.8, 4) is 0 Å². The third kappa shape index (κ3) is 4.97. The Morgan fingerprint density at radius 1 is 1.35 bits per heavy atom. The number of benzene rings is 1. The highest BCUT2D eigenvalue weighted by molar-refractivity contribution is 5.78. The maximum Gasteiger partial charge on any atom is 0.234 e. The molecule has 6 heteroatoms. The zero-order chi connectivity index (χ0) is 17.0. The highest BCUT2D eigenvalue weighted by Gasteiger charge is 2.24. The number of hydrogen-bond donors (Lipinski definition) is 1. The molecule has 0 aromatic heterocycles. The van der Waals surface area contributed by atoms with Gasteiger partial charge < -0.3 is 10.2 Å². The smallest absolute Gasteiger partial charge is 0.234 e. The number of halogens is 2. The molecule has 1 aliphatic heterocycles. The van der Waals surface area contributed by atoms with Gasteiger partial charge in [-0.25, -0.2) is 8.78 Å². The zero-order valence-electron chi connectivity index (χ0n) is 14.0. The molecule has 1 aromatic rings. The number of amides is 1. The number of carbonyl (C=O) groups is 1. The first-order valence-corrected chi connectivity index (χ1v) is 8.01. The summed E-state index contributed by atoms with van der Waals surface area (Å²) < 4.78 is 27.3. The lowest BCUT2D eigenvalue weighted by Crippen LogP contribution is -2.53. The average Bonchev–Trinajstić information content (AvgIpc) is 2.46. The summed E-state index contributed by atoms with van der Waals surface area (Å²) >= 11 is 0. The normalized spacial score (nSPS) is 21.2. The summed E-state index contributed by atoms with van der Waals surface area (Å²) in [6.45, 7) is 6.90. The Labute approximate surface area is 136 Å².